The van der Waals surface area contributed by atoms with Crippen molar-refractivity contribution in [3.63, 3.8) is 0 Å². The van der Waals surface area contributed by atoms with Gasteiger partial charge in [0.2, 0.25) is 0 Å². The molecule has 0 aromatic heterocycles. The molecular formula is C51H82BNO3. The monoisotopic (exact) mass is 768 g/mol. The Morgan fingerprint density at radius 1 is 0.429 bits per heavy atom. The van der Waals surface area contributed by atoms with Gasteiger partial charge in [0.1, 0.15) is 5.75 Å². The molecule has 0 saturated heterocycles. The minimum Gasteiger partial charge on any atom is -0.511 e. The zero-order chi connectivity index (χ0) is 39.9. The molecule has 0 amide bonds. The molecule has 2 N–H and O–H groups in total. The van der Waals surface area contributed by atoms with Gasteiger partial charge in [0.05, 0.1) is 0 Å². The van der Waals surface area contributed by atoms with Crippen molar-refractivity contribution in [1.82, 2.24) is 4.90 Å². The Morgan fingerprint density at radius 2 is 0.804 bits per heavy atom. The molecule has 0 aliphatic heterocycles. The van der Waals surface area contributed by atoms with E-state index < -0.39 is 7.32 Å². The molecule has 0 heterocycles. The van der Waals surface area contributed by atoms with Gasteiger partial charge >= 0.3 is 7.32 Å². The first kappa shape index (κ1) is 47.8. The van der Waals surface area contributed by atoms with E-state index in [1.807, 2.05) is 30.3 Å². The first-order valence-electron chi connectivity index (χ1n) is 23.6. The van der Waals surface area contributed by atoms with Gasteiger partial charge in [-0.25, -0.2) is 0 Å². The summed E-state index contributed by atoms with van der Waals surface area (Å²) in [5, 5.41) is 24.6. The summed E-state index contributed by atoms with van der Waals surface area (Å²) in [6.07, 6.45) is 40.8. The van der Waals surface area contributed by atoms with E-state index in [1.165, 1.54) is 198 Å². The summed E-state index contributed by atoms with van der Waals surface area (Å²) < 4.78 is 5.16. The lowest BCUT2D eigenvalue weighted by Gasteiger charge is -2.16. The summed E-state index contributed by atoms with van der Waals surface area (Å²) in [5.41, 5.74) is 0. The fourth-order valence-electron chi connectivity index (χ4n) is 8.24. The van der Waals surface area contributed by atoms with Gasteiger partial charge in [-0.05, 0) is 78.1 Å². The van der Waals surface area contributed by atoms with Crippen LogP contribution in [-0.2, 0) is 0 Å². The summed E-state index contributed by atoms with van der Waals surface area (Å²) >= 11 is 0. The summed E-state index contributed by atoms with van der Waals surface area (Å²) in [5.74, 6) is 0.466. The Bertz CT molecular complexity index is 1540. The molecule has 0 unspecified atom stereocenters. The van der Waals surface area contributed by atoms with E-state index in [2.05, 4.69) is 56.1 Å². The summed E-state index contributed by atoms with van der Waals surface area (Å²) in [4.78, 5) is 2.58. The van der Waals surface area contributed by atoms with Gasteiger partial charge in [0, 0.05) is 5.39 Å². The molecule has 0 atom stereocenters. The fourth-order valence-corrected chi connectivity index (χ4v) is 8.24. The van der Waals surface area contributed by atoms with Crippen molar-refractivity contribution in [2.75, 3.05) is 20.1 Å². The molecule has 4 nitrogen and oxygen atoms in total. The third-order valence-electron chi connectivity index (χ3n) is 11.7. The first-order chi connectivity index (χ1) is 27.5. The van der Waals surface area contributed by atoms with E-state index in [-0.39, 0.29) is 0 Å². The molecule has 0 aliphatic rings. The van der Waals surface area contributed by atoms with E-state index in [1.54, 1.807) is 6.07 Å². The highest BCUT2D eigenvalue weighted by Crippen LogP contribution is 2.35. The van der Waals surface area contributed by atoms with E-state index in [4.69, 9.17) is 14.7 Å². The number of hydrogen-bond donors (Lipinski definition) is 2. The van der Waals surface area contributed by atoms with Crippen LogP contribution in [0.25, 0.3) is 32.3 Å². The summed E-state index contributed by atoms with van der Waals surface area (Å²) in [7, 11) is 0.505. The van der Waals surface area contributed by atoms with Gasteiger partial charge in [-0.15, -0.1) is 0 Å². The molecule has 0 radical (unpaired) electrons. The highest BCUT2D eigenvalue weighted by atomic mass is 16.6. The van der Waals surface area contributed by atoms with Crippen LogP contribution in [0.4, 0.5) is 0 Å². The molecule has 56 heavy (non-hydrogen) atoms. The van der Waals surface area contributed by atoms with Gasteiger partial charge in [-0.3, -0.25) is 0 Å². The quantitative estimate of drug-likeness (QED) is 0.0225. The Morgan fingerprint density at radius 3 is 1.23 bits per heavy atom. The average molecular weight is 768 g/mol. The third kappa shape index (κ3) is 20.7. The molecule has 4 aromatic rings. The van der Waals surface area contributed by atoms with Crippen molar-refractivity contribution in [3.05, 3.63) is 66.7 Å². The third-order valence-corrected chi connectivity index (χ3v) is 11.7. The number of unbranched alkanes of at least 4 members (excludes halogenated alkanes) is 26. The number of benzene rings is 4. The second kappa shape index (κ2) is 31.4. The molecular weight excluding hydrogens is 685 g/mol. The Kier molecular flexibility index (Phi) is 26.8. The maximum atomic E-state index is 9.14. The van der Waals surface area contributed by atoms with Crippen molar-refractivity contribution < 1.29 is 14.7 Å². The van der Waals surface area contributed by atoms with Crippen LogP contribution < -0.4 is 4.65 Å². The van der Waals surface area contributed by atoms with Crippen LogP contribution in [-0.4, -0.2) is 42.4 Å². The summed E-state index contributed by atoms with van der Waals surface area (Å²) in [6.45, 7) is 7.24. The lowest BCUT2D eigenvalue weighted by molar-refractivity contribution is 0.289. The number of hydrogen-bond acceptors (Lipinski definition) is 4. The topological polar surface area (TPSA) is 52.9 Å². The Labute approximate surface area is 344 Å². The van der Waals surface area contributed by atoms with E-state index in [9.17, 15) is 0 Å². The van der Waals surface area contributed by atoms with Gasteiger partial charge in [-0.1, -0.05) is 229 Å². The van der Waals surface area contributed by atoms with Crippen molar-refractivity contribution in [3.8, 4) is 5.75 Å². The molecule has 312 valence electrons. The van der Waals surface area contributed by atoms with Crippen molar-refractivity contribution in [1.29, 1.82) is 0 Å². The Hall–Kier alpha value is -2.60. The predicted octanol–water partition coefficient (Wildman–Crippen LogP) is 15.4. The average Bonchev–Trinajstić information content (AvgIpc) is 3.20. The van der Waals surface area contributed by atoms with Gasteiger partial charge < -0.3 is 19.6 Å². The SMILES string of the molecule is CCCCCCCCCCCCCCCCCCN(C)CCCCCCCCCCCCCC.OB(O)Oc1cccc2ccc3cc4ccccc4cc3c12. The highest BCUT2D eigenvalue weighted by Gasteiger charge is 2.15. The van der Waals surface area contributed by atoms with E-state index >= 15 is 0 Å². The normalized spacial score (nSPS) is 11.5. The molecule has 0 saturated carbocycles. The van der Waals surface area contributed by atoms with Gasteiger partial charge in [-0.2, -0.15) is 0 Å². The lowest BCUT2D eigenvalue weighted by atomic mass is 9.97. The molecule has 0 aliphatic carbocycles. The van der Waals surface area contributed by atoms with Crippen LogP contribution in [0.15, 0.2) is 66.7 Å². The van der Waals surface area contributed by atoms with Gasteiger partial charge in [0.25, 0.3) is 0 Å². The van der Waals surface area contributed by atoms with E-state index in [0.717, 1.165) is 26.9 Å². The molecule has 0 fully saturated rings. The van der Waals surface area contributed by atoms with Gasteiger partial charge in [0.15, 0.2) is 0 Å². The van der Waals surface area contributed by atoms with Crippen LogP contribution in [0.1, 0.15) is 194 Å². The van der Waals surface area contributed by atoms with Crippen LogP contribution in [0.5, 0.6) is 5.75 Å². The minimum absolute atomic E-state index is 0.466. The largest absolute Gasteiger partial charge is 0.707 e. The number of nitrogens with zero attached hydrogens (tertiary/aromatic N) is 1. The van der Waals surface area contributed by atoms with Crippen LogP contribution in [0, 0.1) is 0 Å². The Balaban J connectivity index is 0.000000324. The zero-order valence-corrected chi connectivity index (χ0v) is 36.4. The first-order valence-corrected chi connectivity index (χ1v) is 23.6. The standard InChI is InChI=1S/C33H69N.C18H13BO3/c1-4-6-8-10-12-14-16-18-19-20-21-23-25-27-29-31-33-34(3)32-30-28-26-24-22-17-15-13-11-9-7-5-2;20-19(21)22-17-7-3-6-12-8-9-15-10-13-4-1-2-5-14(13)11-16(15)18(12)17/h4-33H2,1-3H3;1-11,20-21H. The molecule has 4 aromatic carbocycles. The number of rotatable bonds is 32. The predicted molar refractivity (Wildman–Crippen MR) is 248 cm³/mol. The highest BCUT2D eigenvalue weighted by molar-refractivity contribution is 6.34. The smallest absolute Gasteiger partial charge is 0.511 e. The minimum atomic E-state index is -1.83. The van der Waals surface area contributed by atoms with Crippen molar-refractivity contribution >= 4 is 39.6 Å². The maximum Gasteiger partial charge on any atom is 0.707 e. The fraction of sp³-hybridized carbons (Fsp3) is 0.647. The van der Waals surface area contributed by atoms with E-state index in [0.29, 0.717) is 5.75 Å². The lowest BCUT2D eigenvalue weighted by Crippen LogP contribution is -2.20. The zero-order valence-electron chi connectivity index (χ0n) is 36.4. The second-order valence-corrected chi connectivity index (χ2v) is 16.8. The number of fused-ring (bicyclic) bond motifs is 4. The summed E-state index contributed by atoms with van der Waals surface area (Å²) in [6, 6.07) is 22.1. The van der Waals surface area contributed by atoms with Crippen LogP contribution in [0.2, 0.25) is 0 Å². The molecule has 0 bridgehead atoms. The maximum absolute atomic E-state index is 9.14. The van der Waals surface area contributed by atoms with Crippen LogP contribution >= 0.6 is 0 Å². The van der Waals surface area contributed by atoms with Crippen molar-refractivity contribution in [2.45, 2.75) is 194 Å². The second-order valence-electron chi connectivity index (χ2n) is 16.8. The van der Waals surface area contributed by atoms with Crippen LogP contribution in [0.3, 0.4) is 0 Å². The molecule has 4 rings (SSSR count). The van der Waals surface area contributed by atoms with Crippen molar-refractivity contribution in [2.24, 2.45) is 0 Å². The molecule has 0 spiro atoms. The molecule has 5 heteroatoms.